The van der Waals surface area contributed by atoms with Gasteiger partial charge in [-0.05, 0) is 146 Å². The van der Waals surface area contributed by atoms with Crippen molar-refractivity contribution < 1.29 is 19.0 Å². The molecule has 8 aliphatic heterocycles. The van der Waals surface area contributed by atoms with Crippen LogP contribution in [-0.2, 0) is 19.0 Å². The second-order valence-corrected chi connectivity index (χ2v) is 24.2. The quantitative estimate of drug-likeness (QED) is 0.140. The van der Waals surface area contributed by atoms with Gasteiger partial charge < -0.3 is 45.7 Å². The molecule has 8 rings (SSSR count). The van der Waals surface area contributed by atoms with E-state index in [2.05, 4.69) is 148 Å². The molecule has 8 aliphatic rings. The number of amides is 1. The molecular formula is C56H117N7O4S. The molecule has 0 spiro atoms. The van der Waals surface area contributed by atoms with E-state index in [1.807, 2.05) is 11.8 Å². The predicted octanol–water partition coefficient (Wildman–Crippen LogP) is 10.2. The Kier molecular flexibility index (Phi) is 38.4. The molecule has 0 aliphatic carbocycles. The normalized spacial score (nSPS) is 28.2. The number of carbonyl (C=O) groups is 1. The van der Waals surface area contributed by atoms with Crippen molar-refractivity contribution in [2.24, 2.45) is 47.3 Å². The van der Waals surface area contributed by atoms with Crippen molar-refractivity contribution in [1.29, 1.82) is 0 Å². The van der Waals surface area contributed by atoms with Crippen molar-refractivity contribution in [3.05, 3.63) is 0 Å². The first-order valence-electron chi connectivity index (χ1n) is 28.4. The van der Waals surface area contributed by atoms with E-state index in [9.17, 15) is 4.79 Å². The fraction of sp³-hybridized carbons (Fsp3) is 0.982. The Morgan fingerprint density at radius 2 is 1.03 bits per heavy atom. The standard InChI is InChI=1S/C8H15NO.C8H17N.C7H15NO.2C7H15N.C7H14O.C6H13NO.C6H13NS/c1-6(2)7-4-3-5-9-8(7)10;1-7(2)8-5-3-4-6-9-8;1-6(2)7-5-9-4-3-8-7;1-7(2)8-5-3-4-6-8;2*1-6(2)7-4-3-5-8-7;2*1-5(2)6-3-8-4-7-6/h6-7H,3-5H2,1-2H3,(H,9,10);7-9H,3-6H2,1-2H3;6-8H,3-5H2,1-2H3;7H,3-6H2,1-2H3;6-8H,3-5H2,1-2H3;6-7H,3-5H2,1-2H3;2*5-7H,3-4H2,1-2H3. The van der Waals surface area contributed by atoms with Gasteiger partial charge in [-0.15, -0.1) is 11.8 Å². The van der Waals surface area contributed by atoms with Crippen LogP contribution < -0.4 is 31.9 Å². The molecule has 0 aromatic heterocycles. The molecule has 1 amide bonds. The van der Waals surface area contributed by atoms with Crippen LogP contribution in [-0.4, -0.2) is 137 Å². The van der Waals surface area contributed by atoms with E-state index in [0.717, 1.165) is 113 Å². The molecule has 68 heavy (non-hydrogen) atoms. The molecule has 0 bridgehead atoms. The molecule has 0 aromatic carbocycles. The number of morpholine rings is 1. The lowest BCUT2D eigenvalue weighted by molar-refractivity contribution is -0.128. The minimum absolute atomic E-state index is 0.251. The van der Waals surface area contributed by atoms with E-state index in [1.54, 1.807) is 0 Å². The van der Waals surface area contributed by atoms with Gasteiger partial charge in [-0.1, -0.05) is 103 Å². The van der Waals surface area contributed by atoms with Gasteiger partial charge in [0.15, 0.2) is 0 Å². The second kappa shape index (κ2) is 39.9. The molecule has 7 unspecified atom stereocenters. The molecule has 8 heterocycles. The van der Waals surface area contributed by atoms with Crippen molar-refractivity contribution in [2.45, 2.75) is 224 Å². The third kappa shape index (κ3) is 31.1. The molecule has 406 valence electrons. The van der Waals surface area contributed by atoms with E-state index in [4.69, 9.17) is 14.2 Å². The highest BCUT2D eigenvalue weighted by atomic mass is 32.2. The highest BCUT2D eigenvalue weighted by molar-refractivity contribution is 7.99. The Morgan fingerprint density at radius 1 is 0.485 bits per heavy atom. The highest BCUT2D eigenvalue weighted by Crippen LogP contribution is 2.21. The van der Waals surface area contributed by atoms with Gasteiger partial charge in [0.05, 0.1) is 32.7 Å². The van der Waals surface area contributed by atoms with E-state index in [0.29, 0.717) is 35.9 Å². The van der Waals surface area contributed by atoms with Crippen LogP contribution in [0.4, 0.5) is 0 Å². The van der Waals surface area contributed by atoms with Crippen molar-refractivity contribution in [3.63, 3.8) is 0 Å². The average molecular weight is 985 g/mol. The zero-order chi connectivity index (χ0) is 50.9. The largest absolute Gasteiger partial charge is 0.379 e. The summed E-state index contributed by atoms with van der Waals surface area (Å²) in [5.74, 6) is 8.07. The Labute approximate surface area is 426 Å². The second-order valence-electron chi connectivity index (χ2n) is 23.2. The summed E-state index contributed by atoms with van der Waals surface area (Å²) in [6.07, 6.45) is 15.1. The molecule has 0 saturated carbocycles. The molecule has 8 saturated heterocycles. The van der Waals surface area contributed by atoms with Crippen molar-refractivity contribution in [2.75, 3.05) is 84.1 Å². The summed E-state index contributed by atoms with van der Waals surface area (Å²) in [6, 6.07) is 4.35. The molecule has 11 nitrogen and oxygen atoms in total. The number of likely N-dealkylation sites (tertiary alicyclic amines) is 1. The summed E-state index contributed by atoms with van der Waals surface area (Å²) in [4.78, 5) is 13.7. The van der Waals surface area contributed by atoms with E-state index in [1.165, 1.54) is 89.7 Å². The molecule has 7 atom stereocenters. The van der Waals surface area contributed by atoms with Gasteiger partial charge in [0.25, 0.3) is 0 Å². The maximum Gasteiger partial charge on any atom is 0.223 e. The summed E-state index contributed by atoms with van der Waals surface area (Å²) in [5.41, 5.74) is 0. The first-order chi connectivity index (χ1) is 32.3. The van der Waals surface area contributed by atoms with Crippen molar-refractivity contribution in [3.8, 4) is 0 Å². The topological polar surface area (TPSA) is 120 Å². The number of ether oxygens (including phenoxy) is 3. The van der Waals surface area contributed by atoms with Gasteiger partial charge in [0, 0.05) is 73.5 Å². The Hall–Kier alpha value is -0.540. The molecule has 8 fully saturated rings. The number of piperidine rings is 2. The third-order valence-electron chi connectivity index (χ3n) is 14.6. The van der Waals surface area contributed by atoms with Crippen molar-refractivity contribution >= 4 is 17.7 Å². The summed E-state index contributed by atoms with van der Waals surface area (Å²) in [6.45, 7) is 47.1. The number of rotatable bonds is 8. The fourth-order valence-electron chi connectivity index (χ4n) is 9.24. The minimum atomic E-state index is 0.251. The van der Waals surface area contributed by atoms with Gasteiger partial charge in [-0.3, -0.25) is 10.1 Å². The van der Waals surface area contributed by atoms with E-state index in [-0.39, 0.29) is 11.8 Å². The lowest BCUT2D eigenvalue weighted by Gasteiger charge is -2.26. The van der Waals surface area contributed by atoms with Gasteiger partial charge in [-0.2, -0.15) is 0 Å². The zero-order valence-corrected chi connectivity index (χ0v) is 48.4. The van der Waals surface area contributed by atoms with Gasteiger partial charge in [0.1, 0.15) is 0 Å². The van der Waals surface area contributed by atoms with Crippen LogP contribution in [0, 0.1) is 47.3 Å². The smallest absolute Gasteiger partial charge is 0.223 e. The van der Waals surface area contributed by atoms with Crippen molar-refractivity contribution in [1.82, 2.24) is 36.8 Å². The van der Waals surface area contributed by atoms with Gasteiger partial charge in [0.2, 0.25) is 5.91 Å². The monoisotopic (exact) mass is 984 g/mol. The Balaban J connectivity index is 0.000000389. The number of thioether (sulfide) groups is 1. The number of hydrogen-bond donors (Lipinski definition) is 6. The minimum Gasteiger partial charge on any atom is -0.379 e. The zero-order valence-electron chi connectivity index (χ0n) is 47.6. The third-order valence-corrected chi connectivity index (χ3v) is 15.6. The van der Waals surface area contributed by atoms with Crippen LogP contribution in [0.25, 0.3) is 0 Å². The molecule has 0 aromatic rings. The van der Waals surface area contributed by atoms with Gasteiger partial charge in [-0.25, -0.2) is 0 Å². The lowest BCUT2D eigenvalue weighted by Crippen LogP contribution is -2.44. The van der Waals surface area contributed by atoms with Crippen LogP contribution in [0.3, 0.4) is 0 Å². The molecule has 0 radical (unpaired) electrons. The maximum absolute atomic E-state index is 11.1. The van der Waals surface area contributed by atoms with E-state index < -0.39 is 0 Å². The van der Waals surface area contributed by atoms with Crippen LogP contribution in [0.1, 0.15) is 181 Å². The molecule has 12 heteroatoms. The predicted molar refractivity (Wildman–Crippen MR) is 296 cm³/mol. The average Bonchev–Trinajstić information content (AvgIpc) is 4.18. The van der Waals surface area contributed by atoms with E-state index >= 15 is 0 Å². The number of hydrogen-bond acceptors (Lipinski definition) is 11. The first kappa shape index (κ1) is 65.5. The fourth-order valence-corrected chi connectivity index (χ4v) is 10.4. The summed E-state index contributed by atoms with van der Waals surface area (Å²) < 4.78 is 15.8. The van der Waals surface area contributed by atoms with Crippen LogP contribution >= 0.6 is 11.8 Å². The number of carbonyl (C=O) groups excluding carboxylic acids is 1. The Bertz CT molecular complexity index is 998. The number of nitrogens with one attached hydrogen (secondary N) is 6. The lowest BCUT2D eigenvalue weighted by atomic mass is 9.88. The molecular weight excluding hydrogens is 867 g/mol. The SMILES string of the molecule is CC(C)C1CCCCN1.CC(C)C1CCCN1.CC(C)C1CCCNC1=O.CC(C)C1CCCO1.CC(C)C1COCCN1.CC(C)C1COCN1.CC(C)C1CSCN1.CC(C)N1CCCC1. The summed E-state index contributed by atoms with van der Waals surface area (Å²) in [7, 11) is 0. The number of nitrogens with zero attached hydrogens (tertiary/aromatic N) is 1. The summed E-state index contributed by atoms with van der Waals surface area (Å²) in [5, 5.41) is 19.9. The highest BCUT2D eigenvalue weighted by Gasteiger charge is 2.25. The van der Waals surface area contributed by atoms with Gasteiger partial charge >= 0.3 is 0 Å². The van der Waals surface area contributed by atoms with Crippen LogP contribution in [0.5, 0.6) is 0 Å². The Morgan fingerprint density at radius 3 is 1.32 bits per heavy atom. The van der Waals surface area contributed by atoms with Crippen LogP contribution in [0.2, 0.25) is 0 Å². The first-order valence-corrected chi connectivity index (χ1v) is 29.5. The summed E-state index contributed by atoms with van der Waals surface area (Å²) >= 11 is 2.00. The van der Waals surface area contributed by atoms with Crippen LogP contribution in [0.15, 0.2) is 0 Å². The molecule has 6 N–H and O–H groups in total. The maximum atomic E-state index is 11.1.